The molecule has 0 bridgehead atoms. The number of nitrogens with two attached hydrogens (primary N) is 1. The van der Waals surface area contributed by atoms with E-state index >= 15 is 0 Å². The smallest absolute Gasteiger partial charge is 0.317 e. The van der Waals surface area contributed by atoms with Crippen LogP contribution in [0.25, 0.3) is 0 Å². The number of carboxylic acids is 1. The average Bonchev–Trinajstić information content (AvgIpc) is 2.54. The Morgan fingerprint density at radius 2 is 1.42 bits per heavy atom. The molecule has 4 nitrogen and oxygen atoms in total. The zero-order chi connectivity index (χ0) is 18.4. The molecule has 0 spiro atoms. The topological polar surface area (TPSA) is 80.4 Å². The van der Waals surface area contributed by atoms with Gasteiger partial charge in [0.25, 0.3) is 0 Å². The van der Waals surface area contributed by atoms with E-state index in [2.05, 4.69) is 13.8 Å². The molecule has 2 unspecified atom stereocenters. The number of rotatable bonds is 16. The van der Waals surface area contributed by atoms with Gasteiger partial charge in [0.2, 0.25) is 0 Å². The lowest BCUT2D eigenvalue weighted by Crippen LogP contribution is -2.38. The largest absolute Gasteiger partial charge is 0.480 e. The number of ketones is 1. The number of carboxylic acid groups (broad SMARTS) is 1. The first kappa shape index (κ1) is 23.1. The average molecular weight is 342 g/mol. The third-order valence-electron chi connectivity index (χ3n) is 5.24. The molecule has 0 aliphatic rings. The van der Waals surface area contributed by atoms with Crippen molar-refractivity contribution in [2.24, 2.45) is 11.1 Å². The molecule has 142 valence electrons. The molecule has 0 aliphatic carbocycles. The number of unbranched alkanes of at least 4 members (excludes halogenated alkanes) is 7. The summed E-state index contributed by atoms with van der Waals surface area (Å²) in [5.74, 6) is -1.11. The molecule has 2 atom stereocenters. The van der Waals surface area contributed by atoms with Crippen LogP contribution < -0.4 is 5.73 Å². The van der Waals surface area contributed by atoms with Crippen LogP contribution in [-0.2, 0) is 9.59 Å². The van der Waals surface area contributed by atoms with Crippen molar-refractivity contribution in [1.29, 1.82) is 0 Å². The molecule has 0 aromatic heterocycles. The van der Waals surface area contributed by atoms with Crippen LogP contribution in [-0.4, -0.2) is 22.9 Å². The predicted octanol–water partition coefficient (Wildman–Crippen LogP) is 5.08. The van der Waals surface area contributed by atoms with Crippen LogP contribution in [0.4, 0.5) is 0 Å². The fourth-order valence-corrected chi connectivity index (χ4v) is 3.26. The lowest BCUT2D eigenvalue weighted by Gasteiger charge is -2.26. The van der Waals surface area contributed by atoms with Gasteiger partial charge in [0.05, 0.1) is 0 Å². The maximum Gasteiger partial charge on any atom is 0.317 e. The first-order valence-electron chi connectivity index (χ1n) is 9.90. The predicted molar refractivity (Wildman–Crippen MR) is 100 cm³/mol. The van der Waals surface area contributed by atoms with Crippen LogP contribution in [0, 0.1) is 5.41 Å². The second-order valence-corrected chi connectivity index (χ2v) is 7.23. The highest BCUT2D eigenvalue weighted by Gasteiger charge is 2.42. The van der Waals surface area contributed by atoms with E-state index in [9.17, 15) is 14.7 Å². The van der Waals surface area contributed by atoms with Gasteiger partial charge in [-0.2, -0.15) is 0 Å². The lowest BCUT2D eigenvalue weighted by molar-refractivity contribution is -0.155. The molecule has 0 rings (SSSR count). The van der Waals surface area contributed by atoms with Crippen molar-refractivity contribution in [2.75, 3.05) is 0 Å². The zero-order valence-electron chi connectivity index (χ0n) is 16.1. The molecule has 0 radical (unpaired) electrons. The maximum absolute atomic E-state index is 12.1. The minimum Gasteiger partial charge on any atom is -0.480 e. The van der Waals surface area contributed by atoms with E-state index in [0.717, 1.165) is 70.6 Å². The van der Waals surface area contributed by atoms with Gasteiger partial charge in [-0.1, -0.05) is 71.6 Å². The van der Waals surface area contributed by atoms with Crippen molar-refractivity contribution in [3.63, 3.8) is 0 Å². The summed E-state index contributed by atoms with van der Waals surface area (Å²) >= 11 is 0. The van der Waals surface area contributed by atoms with E-state index in [-0.39, 0.29) is 5.78 Å². The molecule has 0 saturated heterocycles. The normalized spacial score (nSPS) is 15.0. The Balaban J connectivity index is 4.22. The summed E-state index contributed by atoms with van der Waals surface area (Å²) in [7, 11) is 0. The van der Waals surface area contributed by atoms with E-state index in [1.807, 2.05) is 0 Å². The Morgan fingerprint density at radius 1 is 0.917 bits per heavy atom. The van der Waals surface area contributed by atoms with E-state index in [1.54, 1.807) is 0 Å². The van der Waals surface area contributed by atoms with Crippen LogP contribution in [0.15, 0.2) is 0 Å². The molecule has 0 amide bonds. The standard InChI is InChI=1S/C20H39NO3/c1-4-6-7-12-15-20(17(3)22,19(23)24)16-13-10-8-9-11-14-18(21)5-2/h18H,4-16,21H2,1-3H3,(H,23,24). The first-order chi connectivity index (χ1) is 11.4. The molecule has 0 heterocycles. The van der Waals surface area contributed by atoms with Crippen molar-refractivity contribution in [3.8, 4) is 0 Å². The first-order valence-corrected chi connectivity index (χ1v) is 9.90. The second-order valence-electron chi connectivity index (χ2n) is 7.23. The molecular formula is C20H39NO3. The van der Waals surface area contributed by atoms with Gasteiger partial charge in [0, 0.05) is 6.04 Å². The molecule has 0 aromatic carbocycles. The highest BCUT2D eigenvalue weighted by atomic mass is 16.4. The Bertz CT molecular complexity index is 341. The molecule has 0 fully saturated rings. The summed E-state index contributed by atoms with van der Waals surface area (Å²) in [5, 5.41) is 9.64. The van der Waals surface area contributed by atoms with Crippen LogP contribution in [0.3, 0.4) is 0 Å². The quantitative estimate of drug-likeness (QED) is 0.303. The Kier molecular flexibility index (Phi) is 12.9. The van der Waals surface area contributed by atoms with Gasteiger partial charge >= 0.3 is 5.97 Å². The fourth-order valence-electron chi connectivity index (χ4n) is 3.26. The third kappa shape index (κ3) is 8.81. The molecule has 3 N–H and O–H groups in total. The minimum atomic E-state index is -1.15. The summed E-state index contributed by atoms with van der Waals surface area (Å²) < 4.78 is 0. The van der Waals surface area contributed by atoms with Gasteiger partial charge in [0.1, 0.15) is 11.2 Å². The van der Waals surface area contributed by atoms with Gasteiger partial charge < -0.3 is 10.8 Å². The van der Waals surface area contributed by atoms with Crippen molar-refractivity contribution >= 4 is 11.8 Å². The summed E-state index contributed by atoms with van der Waals surface area (Å²) in [5.41, 5.74) is 4.75. The Hall–Kier alpha value is -0.900. The summed E-state index contributed by atoms with van der Waals surface area (Å²) in [6.45, 7) is 5.68. The van der Waals surface area contributed by atoms with Crippen LogP contribution in [0.5, 0.6) is 0 Å². The van der Waals surface area contributed by atoms with Gasteiger partial charge in [-0.3, -0.25) is 9.59 Å². The van der Waals surface area contributed by atoms with Crippen molar-refractivity contribution in [1.82, 2.24) is 0 Å². The summed E-state index contributed by atoms with van der Waals surface area (Å²) in [4.78, 5) is 23.8. The second kappa shape index (κ2) is 13.4. The Morgan fingerprint density at radius 3 is 1.88 bits per heavy atom. The molecule has 24 heavy (non-hydrogen) atoms. The zero-order valence-corrected chi connectivity index (χ0v) is 16.1. The Labute approximate surface area is 148 Å². The SMILES string of the molecule is CCCCCCC(CCCCCCCC(N)CC)(C(C)=O)C(=O)O. The summed E-state index contributed by atoms with van der Waals surface area (Å²) in [6, 6.07) is 0.311. The highest BCUT2D eigenvalue weighted by Crippen LogP contribution is 2.33. The van der Waals surface area contributed by atoms with Crippen LogP contribution in [0.2, 0.25) is 0 Å². The third-order valence-corrected chi connectivity index (χ3v) is 5.24. The number of hydrogen-bond acceptors (Lipinski definition) is 3. The number of Topliss-reactive ketones (excluding diaryl/α,β-unsaturated/α-hetero) is 1. The van der Waals surface area contributed by atoms with Crippen molar-refractivity contribution < 1.29 is 14.7 Å². The van der Waals surface area contributed by atoms with E-state index < -0.39 is 11.4 Å². The molecule has 4 heteroatoms. The number of hydrogen-bond donors (Lipinski definition) is 2. The summed E-state index contributed by atoms with van der Waals surface area (Å²) in [6.07, 6.45) is 12.3. The number of aliphatic carboxylic acids is 1. The molecular weight excluding hydrogens is 302 g/mol. The number of carbonyl (C=O) groups is 2. The van der Waals surface area contributed by atoms with E-state index in [1.165, 1.54) is 6.92 Å². The van der Waals surface area contributed by atoms with Crippen LogP contribution in [0.1, 0.15) is 104 Å². The lowest BCUT2D eigenvalue weighted by atomic mass is 9.75. The van der Waals surface area contributed by atoms with Gasteiger partial charge in [-0.15, -0.1) is 0 Å². The van der Waals surface area contributed by atoms with E-state index in [4.69, 9.17) is 5.73 Å². The fraction of sp³-hybridized carbons (Fsp3) is 0.900. The van der Waals surface area contributed by atoms with Gasteiger partial charge in [-0.05, 0) is 32.6 Å². The van der Waals surface area contributed by atoms with Crippen molar-refractivity contribution in [3.05, 3.63) is 0 Å². The maximum atomic E-state index is 12.1. The van der Waals surface area contributed by atoms with Gasteiger partial charge in [0.15, 0.2) is 0 Å². The minimum absolute atomic E-state index is 0.180. The van der Waals surface area contributed by atoms with Crippen molar-refractivity contribution in [2.45, 2.75) is 110 Å². The highest BCUT2D eigenvalue weighted by molar-refractivity contribution is 6.01. The molecule has 0 aromatic rings. The van der Waals surface area contributed by atoms with E-state index in [0.29, 0.717) is 18.9 Å². The van der Waals surface area contributed by atoms with Crippen LogP contribution >= 0.6 is 0 Å². The van der Waals surface area contributed by atoms with Gasteiger partial charge in [-0.25, -0.2) is 0 Å². The molecule has 0 saturated carbocycles. The monoisotopic (exact) mass is 341 g/mol. The molecule has 0 aliphatic heterocycles. The number of carbonyl (C=O) groups excluding carboxylic acids is 1.